The van der Waals surface area contributed by atoms with E-state index in [1.807, 2.05) is 84.9 Å². The highest BCUT2D eigenvalue weighted by Gasteiger charge is 2.41. The molecule has 100 heavy (non-hydrogen) atoms. The van der Waals surface area contributed by atoms with Gasteiger partial charge in [-0.1, -0.05) is 227 Å². The molecule has 4 aromatic heterocycles. The van der Waals surface area contributed by atoms with Gasteiger partial charge in [0.2, 0.25) is 0 Å². The van der Waals surface area contributed by atoms with Crippen molar-refractivity contribution in [3.63, 3.8) is 0 Å². The normalized spacial score (nSPS) is 12.0. The molecule has 5 N–H and O–H groups in total. The Labute approximate surface area is 609 Å². The topological polar surface area (TPSA) is 258 Å². The lowest BCUT2D eigenvalue weighted by Gasteiger charge is -2.35. The molecular weight excluding hydrogens is 1340 g/mol. The summed E-state index contributed by atoms with van der Waals surface area (Å²) >= 11 is 6.44. The minimum Gasteiger partial charge on any atom is -0.479 e. The summed E-state index contributed by atoms with van der Waals surface area (Å²) in [5.41, 5.74) is 2.48. The van der Waals surface area contributed by atoms with Gasteiger partial charge in [-0.05, 0) is 123 Å². The zero-order valence-electron chi connectivity index (χ0n) is 59.7. The summed E-state index contributed by atoms with van der Waals surface area (Å²) < 4.78 is 27.4. The first-order valence-corrected chi connectivity index (χ1v) is 40.3. The van der Waals surface area contributed by atoms with Crippen molar-refractivity contribution in [2.45, 2.75) is 258 Å². The van der Waals surface area contributed by atoms with Crippen LogP contribution in [0.1, 0.15) is 240 Å². The largest absolute Gasteiger partial charge is 0.479 e. The molecule has 22 heteroatoms. The van der Waals surface area contributed by atoms with Gasteiger partial charge in [0.15, 0.2) is 6.10 Å². The Hall–Kier alpha value is -6.37. The number of ether oxygens (including phenoxy) is 4. The number of benzene rings is 4. The number of carboxylic acids is 1. The van der Waals surface area contributed by atoms with Crippen molar-refractivity contribution in [3.05, 3.63) is 117 Å². The fourth-order valence-electron chi connectivity index (χ4n) is 11.3. The SMILES string of the molecule is CCCCCCCCCc1nnc(-c2ccc(OC(CCC(Oc3ccc(-c4nnc(CCCCCCCCC)s4)cc3)(Oc3ccc(-c4nnc(CCCCCCCCC)s4)cc3)Oc3ccc(-c4nnc(CCCCCCCCC)s4)cc3)C(=O)O)cc2)s1.OCC(CO)(CO)CO. The minimum absolute atomic E-state index is 0.0748. The molecule has 8 rings (SSSR count). The number of hydrogen-bond donors (Lipinski definition) is 5. The van der Waals surface area contributed by atoms with Crippen LogP contribution >= 0.6 is 45.3 Å². The molecule has 8 aromatic rings. The maximum atomic E-state index is 13.4. The first-order valence-electron chi connectivity index (χ1n) is 37.1. The van der Waals surface area contributed by atoms with E-state index in [1.165, 1.54) is 154 Å². The lowest BCUT2D eigenvalue weighted by molar-refractivity contribution is -0.258. The van der Waals surface area contributed by atoms with Crippen LogP contribution in [0.3, 0.4) is 0 Å². The molecule has 0 fully saturated rings. The molecule has 0 saturated heterocycles. The maximum Gasteiger partial charge on any atom is 0.417 e. The Morgan fingerprint density at radius 2 is 0.590 bits per heavy atom. The molecule has 0 aliphatic carbocycles. The molecule has 0 radical (unpaired) electrons. The third-order valence-electron chi connectivity index (χ3n) is 17.7. The van der Waals surface area contributed by atoms with Crippen molar-refractivity contribution in [1.82, 2.24) is 40.8 Å². The Morgan fingerprint density at radius 3 is 0.820 bits per heavy atom. The molecule has 0 saturated carbocycles. The molecule has 1 unspecified atom stereocenters. The molecule has 18 nitrogen and oxygen atoms in total. The first kappa shape index (κ1) is 80.9. The number of aliphatic hydroxyl groups excluding tert-OH is 4. The van der Waals surface area contributed by atoms with E-state index in [-0.39, 0.29) is 12.8 Å². The minimum atomic E-state index is -1.94. The van der Waals surface area contributed by atoms with Crippen LogP contribution in [-0.4, -0.2) is 111 Å². The lowest BCUT2D eigenvalue weighted by Crippen LogP contribution is -2.49. The second-order valence-electron chi connectivity index (χ2n) is 26.2. The quantitative estimate of drug-likeness (QED) is 0.0175. The van der Waals surface area contributed by atoms with E-state index in [2.05, 4.69) is 68.5 Å². The van der Waals surface area contributed by atoms with Crippen LogP contribution in [0.15, 0.2) is 97.1 Å². The van der Waals surface area contributed by atoms with Crippen molar-refractivity contribution in [3.8, 4) is 65.3 Å². The standard InChI is InChI=1S/C73H98N8O6S4.C5H12O4/c1-5-9-13-17-21-25-29-33-64-74-78-68(88-64)55-37-45-59(46-38-55)84-63(72(82)83)53-54-73(85-60-47-39-56(40-48-60)69-79-75-65(89-69)34-30-26-22-18-14-10-6-2,86-61-49-41-57(42-50-61)70-80-76-66(90-70)35-31-27-23-19-15-11-7-3)87-62-51-43-58(44-52-62)71-81-77-67(91-71)36-32-28-24-20-16-12-8-4;6-1-5(2-7,3-8)4-9/h37-52,63H,5-36,53-54H2,1-4H3,(H,82,83);6-9H,1-4H2. The molecule has 0 aliphatic heterocycles. The molecule has 0 amide bonds. The third-order valence-corrected chi connectivity index (χ3v) is 21.8. The molecule has 1 atom stereocenters. The van der Waals surface area contributed by atoms with Crippen molar-refractivity contribution in [1.29, 1.82) is 0 Å². The Kier molecular flexibility index (Phi) is 37.5. The van der Waals surface area contributed by atoms with Gasteiger partial charge in [-0.3, -0.25) is 0 Å². The Bertz CT molecular complexity index is 3190. The van der Waals surface area contributed by atoms with Crippen LogP contribution < -0.4 is 18.9 Å². The summed E-state index contributed by atoms with van der Waals surface area (Å²) in [6.07, 6.45) is 36.8. The highest BCUT2D eigenvalue weighted by Crippen LogP contribution is 2.37. The van der Waals surface area contributed by atoms with Gasteiger partial charge in [0.25, 0.3) is 0 Å². The van der Waals surface area contributed by atoms with Crippen LogP contribution in [-0.2, 0) is 30.5 Å². The average Bonchev–Trinajstić information content (AvgIpc) is 1.03. The van der Waals surface area contributed by atoms with Gasteiger partial charge in [-0.25, -0.2) is 4.79 Å². The van der Waals surface area contributed by atoms with Gasteiger partial charge in [-0.15, -0.1) is 40.8 Å². The predicted molar refractivity (Wildman–Crippen MR) is 405 cm³/mol. The van der Waals surface area contributed by atoms with Gasteiger partial charge in [0, 0.05) is 54.4 Å². The number of aliphatic hydroxyl groups is 4. The summed E-state index contributed by atoms with van der Waals surface area (Å²) in [6.45, 7) is 7.37. The fourth-order valence-corrected chi connectivity index (χ4v) is 14.8. The van der Waals surface area contributed by atoms with Crippen molar-refractivity contribution in [2.24, 2.45) is 5.41 Å². The number of nitrogens with zero attached hydrogens (tertiary/aromatic N) is 8. The van der Waals surface area contributed by atoms with Crippen LogP contribution in [0.5, 0.6) is 23.0 Å². The number of unbranched alkanes of at least 4 members (excludes halogenated alkanes) is 24. The average molecular weight is 1450 g/mol. The van der Waals surface area contributed by atoms with Crippen molar-refractivity contribution < 1.29 is 49.3 Å². The highest BCUT2D eigenvalue weighted by atomic mass is 32.1. The summed E-state index contributed by atoms with van der Waals surface area (Å²) in [5, 5.41) is 88.7. The number of aryl methyl sites for hydroxylation is 4. The first-order chi connectivity index (χ1) is 49.0. The van der Waals surface area contributed by atoms with Crippen LogP contribution in [0.4, 0.5) is 0 Å². The fraction of sp³-hybridized carbons (Fsp3) is 0.577. The molecular formula is C78H110N8O10S4. The zero-order chi connectivity index (χ0) is 70.9. The van der Waals surface area contributed by atoms with E-state index < -0.39 is 49.9 Å². The second-order valence-corrected chi connectivity index (χ2v) is 30.4. The highest BCUT2D eigenvalue weighted by molar-refractivity contribution is 7.15. The summed E-state index contributed by atoms with van der Waals surface area (Å²) in [4.78, 5) is 13.4. The van der Waals surface area contributed by atoms with E-state index >= 15 is 0 Å². The van der Waals surface area contributed by atoms with Crippen LogP contribution in [0.2, 0.25) is 0 Å². The van der Waals surface area contributed by atoms with Gasteiger partial charge in [-0.2, -0.15) is 0 Å². The van der Waals surface area contributed by atoms with E-state index in [0.29, 0.717) is 23.0 Å². The van der Waals surface area contributed by atoms with Gasteiger partial charge < -0.3 is 44.5 Å². The Morgan fingerprint density at radius 1 is 0.350 bits per heavy atom. The monoisotopic (exact) mass is 1450 g/mol. The summed E-state index contributed by atoms with van der Waals surface area (Å²) in [7, 11) is 0. The Balaban J connectivity index is 0.00000145. The lowest BCUT2D eigenvalue weighted by atomic mass is 9.93. The molecule has 0 aliphatic rings. The van der Waals surface area contributed by atoms with E-state index in [1.54, 1.807) is 57.5 Å². The van der Waals surface area contributed by atoms with Crippen molar-refractivity contribution >= 4 is 51.3 Å². The van der Waals surface area contributed by atoms with Crippen LogP contribution in [0, 0.1) is 5.41 Å². The van der Waals surface area contributed by atoms with E-state index in [0.717, 1.165) is 114 Å². The number of aliphatic carboxylic acids is 1. The van der Waals surface area contributed by atoms with Gasteiger partial charge in [0.1, 0.15) is 63.1 Å². The zero-order valence-corrected chi connectivity index (χ0v) is 62.9. The number of aromatic nitrogens is 8. The van der Waals surface area contributed by atoms with Gasteiger partial charge >= 0.3 is 11.9 Å². The molecule has 0 bridgehead atoms. The second kappa shape index (κ2) is 46.3. The molecule has 4 aromatic carbocycles. The maximum absolute atomic E-state index is 13.4. The van der Waals surface area contributed by atoms with E-state index in [9.17, 15) is 9.90 Å². The number of carboxylic acid groups (broad SMARTS) is 1. The molecule has 0 spiro atoms. The molecule has 546 valence electrons. The predicted octanol–water partition coefficient (Wildman–Crippen LogP) is 19.4. The third kappa shape index (κ3) is 28.5. The number of rotatable bonds is 52. The van der Waals surface area contributed by atoms with Crippen molar-refractivity contribution in [2.75, 3.05) is 26.4 Å². The number of carbonyl (C=O) groups is 1. The summed E-state index contributed by atoms with van der Waals surface area (Å²) in [6, 6.07) is 30.3. The number of hydrogen-bond acceptors (Lipinski definition) is 21. The van der Waals surface area contributed by atoms with Crippen LogP contribution in [0.25, 0.3) is 42.3 Å². The van der Waals surface area contributed by atoms with E-state index in [4.69, 9.17) is 39.4 Å². The smallest absolute Gasteiger partial charge is 0.417 e. The summed E-state index contributed by atoms with van der Waals surface area (Å²) in [5.74, 6) is -1.40. The molecule has 4 heterocycles. The van der Waals surface area contributed by atoms with Gasteiger partial charge in [0.05, 0.1) is 38.3 Å².